The molecule has 0 saturated heterocycles. The number of aliphatic hydroxyl groups is 1. The SMILES string of the molecule is CCNc1cccc(C(=O)N(CCO)C2CC2)n1. The van der Waals surface area contributed by atoms with Crippen molar-refractivity contribution in [2.45, 2.75) is 25.8 Å². The van der Waals surface area contributed by atoms with Crippen molar-refractivity contribution in [3.05, 3.63) is 23.9 Å². The number of pyridine rings is 1. The predicted octanol–water partition coefficient (Wildman–Crippen LogP) is 1.11. The molecule has 5 heteroatoms. The molecule has 1 saturated carbocycles. The predicted molar refractivity (Wildman–Crippen MR) is 69.5 cm³/mol. The Morgan fingerprint density at radius 2 is 2.33 bits per heavy atom. The summed E-state index contributed by atoms with van der Waals surface area (Å²) in [6, 6.07) is 5.67. The summed E-state index contributed by atoms with van der Waals surface area (Å²) in [5.74, 6) is 0.620. The van der Waals surface area contributed by atoms with E-state index >= 15 is 0 Å². The van der Waals surface area contributed by atoms with Crippen LogP contribution >= 0.6 is 0 Å². The first kappa shape index (κ1) is 12.8. The smallest absolute Gasteiger partial charge is 0.272 e. The lowest BCUT2D eigenvalue weighted by molar-refractivity contribution is 0.0702. The number of carbonyl (C=O) groups is 1. The molecule has 0 aliphatic heterocycles. The minimum atomic E-state index is -0.0914. The van der Waals surface area contributed by atoms with Crippen LogP contribution in [0.4, 0.5) is 5.82 Å². The highest BCUT2D eigenvalue weighted by molar-refractivity contribution is 5.93. The van der Waals surface area contributed by atoms with E-state index in [0.29, 0.717) is 18.1 Å². The topological polar surface area (TPSA) is 65.5 Å². The third kappa shape index (κ3) is 2.98. The molecule has 1 amide bonds. The number of hydrogen-bond acceptors (Lipinski definition) is 4. The van der Waals surface area contributed by atoms with Crippen molar-refractivity contribution in [1.29, 1.82) is 0 Å². The molecule has 1 aliphatic rings. The Kier molecular flexibility index (Phi) is 4.15. The van der Waals surface area contributed by atoms with Crippen LogP contribution in [0.1, 0.15) is 30.3 Å². The molecule has 1 aromatic heterocycles. The molecule has 1 aromatic rings. The molecule has 18 heavy (non-hydrogen) atoms. The fourth-order valence-electron chi connectivity index (χ4n) is 1.92. The molecule has 0 radical (unpaired) electrons. The summed E-state index contributed by atoms with van der Waals surface area (Å²) in [4.78, 5) is 18.3. The van der Waals surface area contributed by atoms with E-state index in [1.165, 1.54) is 0 Å². The van der Waals surface area contributed by atoms with Gasteiger partial charge in [-0.2, -0.15) is 0 Å². The highest BCUT2D eigenvalue weighted by atomic mass is 16.3. The fourth-order valence-corrected chi connectivity index (χ4v) is 1.92. The van der Waals surface area contributed by atoms with Crippen molar-refractivity contribution < 1.29 is 9.90 Å². The number of nitrogens with one attached hydrogen (secondary N) is 1. The molecule has 0 unspecified atom stereocenters. The average Bonchev–Trinajstić information content (AvgIpc) is 3.20. The largest absolute Gasteiger partial charge is 0.395 e. The maximum atomic E-state index is 12.3. The zero-order chi connectivity index (χ0) is 13.0. The van der Waals surface area contributed by atoms with E-state index in [-0.39, 0.29) is 18.6 Å². The van der Waals surface area contributed by atoms with Crippen LogP contribution in [0.15, 0.2) is 18.2 Å². The van der Waals surface area contributed by atoms with Gasteiger partial charge in [0.1, 0.15) is 11.5 Å². The number of nitrogens with zero attached hydrogens (tertiary/aromatic N) is 2. The Hall–Kier alpha value is -1.62. The molecule has 98 valence electrons. The Balaban J connectivity index is 2.13. The lowest BCUT2D eigenvalue weighted by Crippen LogP contribution is -2.36. The summed E-state index contributed by atoms with van der Waals surface area (Å²) in [6.07, 6.45) is 2.05. The summed E-state index contributed by atoms with van der Waals surface area (Å²) in [5, 5.41) is 12.1. The normalized spacial score (nSPS) is 14.3. The molecule has 2 rings (SSSR count). The molecule has 1 aliphatic carbocycles. The van der Waals surface area contributed by atoms with Gasteiger partial charge >= 0.3 is 0 Å². The number of anilines is 1. The van der Waals surface area contributed by atoms with Gasteiger partial charge in [0.05, 0.1) is 6.61 Å². The highest BCUT2D eigenvalue weighted by Crippen LogP contribution is 2.27. The third-order valence-electron chi connectivity index (χ3n) is 2.92. The van der Waals surface area contributed by atoms with Crippen LogP contribution in [0.2, 0.25) is 0 Å². The van der Waals surface area contributed by atoms with Gasteiger partial charge in [-0.05, 0) is 31.9 Å². The lowest BCUT2D eigenvalue weighted by atomic mass is 10.3. The van der Waals surface area contributed by atoms with Gasteiger partial charge in [-0.15, -0.1) is 0 Å². The monoisotopic (exact) mass is 249 g/mol. The minimum absolute atomic E-state index is 0.00482. The van der Waals surface area contributed by atoms with Gasteiger partial charge < -0.3 is 15.3 Å². The van der Waals surface area contributed by atoms with Crippen molar-refractivity contribution in [3.63, 3.8) is 0 Å². The van der Waals surface area contributed by atoms with E-state index in [1.54, 1.807) is 11.0 Å². The molecule has 0 atom stereocenters. The summed E-state index contributed by atoms with van der Waals surface area (Å²) in [5.41, 5.74) is 0.439. The van der Waals surface area contributed by atoms with Crippen LogP contribution in [-0.2, 0) is 0 Å². The van der Waals surface area contributed by atoms with Crippen LogP contribution in [0.5, 0.6) is 0 Å². The first-order valence-electron chi connectivity index (χ1n) is 6.39. The van der Waals surface area contributed by atoms with Crippen LogP contribution in [0.25, 0.3) is 0 Å². The Morgan fingerprint density at radius 1 is 1.56 bits per heavy atom. The van der Waals surface area contributed by atoms with Gasteiger partial charge in [-0.25, -0.2) is 4.98 Å². The van der Waals surface area contributed by atoms with Gasteiger partial charge in [0.2, 0.25) is 0 Å². The van der Waals surface area contributed by atoms with Crippen molar-refractivity contribution in [3.8, 4) is 0 Å². The molecule has 1 heterocycles. The summed E-state index contributed by atoms with van der Waals surface area (Å²) < 4.78 is 0. The van der Waals surface area contributed by atoms with E-state index in [9.17, 15) is 4.79 Å². The first-order chi connectivity index (χ1) is 8.76. The maximum absolute atomic E-state index is 12.3. The number of hydrogen-bond donors (Lipinski definition) is 2. The van der Waals surface area contributed by atoms with Gasteiger partial charge in [0.25, 0.3) is 5.91 Å². The van der Waals surface area contributed by atoms with E-state index in [1.807, 2.05) is 19.1 Å². The molecule has 0 spiro atoms. The van der Waals surface area contributed by atoms with Crippen molar-refractivity contribution in [2.24, 2.45) is 0 Å². The number of rotatable bonds is 6. The second-order valence-electron chi connectivity index (χ2n) is 4.39. The zero-order valence-electron chi connectivity index (χ0n) is 10.6. The van der Waals surface area contributed by atoms with E-state index in [0.717, 1.165) is 19.4 Å². The molecular formula is C13H19N3O2. The minimum Gasteiger partial charge on any atom is -0.395 e. The van der Waals surface area contributed by atoms with Crippen molar-refractivity contribution in [1.82, 2.24) is 9.88 Å². The van der Waals surface area contributed by atoms with Crippen molar-refractivity contribution >= 4 is 11.7 Å². The average molecular weight is 249 g/mol. The van der Waals surface area contributed by atoms with E-state index in [4.69, 9.17) is 5.11 Å². The van der Waals surface area contributed by atoms with Crippen molar-refractivity contribution in [2.75, 3.05) is 25.0 Å². The molecule has 2 N–H and O–H groups in total. The maximum Gasteiger partial charge on any atom is 0.272 e. The quantitative estimate of drug-likeness (QED) is 0.792. The second-order valence-corrected chi connectivity index (χ2v) is 4.39. The third-order valence-corrected chi connectivity index (χ3v) is 2.92. The number of amides is 1. The van der Waals surface area contributed by atoms with Gasteiger partial charge in [-0.3, -0.25) is 4.79 Å². The van der Waals surface area contributed by atoms with Gasteiger partial charge in [0, 0.05) is 19.1 Å². The molecule has 0 bridgehead atoms. The zero-order valence-corrected chi connectivity index (χ0v) is 10.6. The lowest BCUT2D eigenvalue weighted by Gasteiger charge is -2.21. The number of carbonyl (C=O) groups excluding carboxylic acids is 1. The molecule has 0 aromatic carbocycles. The van der Waals surface area contributed by atoms with Crippen LogP contribution in [-0.4, -0.2) is 46.6 Å². The molecule has 5 nitrogen and oxygen atoms in total. The first-order valence-corrected chi connectivity index (χ1v) is 6.39. The number of aliphatic hydroxyl groups excluding tert-OH is 1. The van der Waals surface area contributed by atoms with Crippen LogP contribution in [0, 0.1) is 0 Å². The van der Waals surface area contributed by atoms with E-state index < -0.39 is 0 Å². The molecule has 1 fully saturated rings. The molecular weight excluding hydrogens is 230 g/mol. The fraction of sp³-hybridized carbons (Fsp3) is 0.538. The Morgan fingerprint density at radius 3 is 2.94 bits per heavy atom. The Labute approximate surface area is 107 Å². The summed E-state index contributed by atoms with van der Waals surface area (Å²) in [6.45, 7) is 3.14. The standard InChI is InChI=1S/C13H19N3O2/c1-2-14-12-5-3-4-11(15-12)13(18)16(8-9-17)10-6-7-10/h3-5,10,17H,2,6-9H2,1H3,(H,14,15). The highest BCUT2D eigenvalue weighted by Gasteiger charge is 2.33. The number of aromatic nitrogens is 1. The van der Waals surface area contributed by atoms with E-state index in [2.05, 4.69) is 10.3 Å². The Bertz CT molecular complexity index is 418. The summed E-state index contributed by atoms with van der Waals surface area (Å²) in [7, 11) is 0. The van der Waals surface area contributed by atoms with Gasteiger partial charge in [-0.1, -0.05) is 6.07 Å². The van der Waals surface area contributed by atoms with Crippen LogP contribution in [0.3, 0.4) is 0 Å². The van der Waals surface area contributed by atoms with Gasteiger partial charge in [0.15, 0.2) is 0 Å². The second kappa shape index (κ2) is 5.82. The van der Waals surface area contributed by atoms with Crippen LogP contribution < -0.4 is 5.32 Å². The summed E-state index contributed by atoms with van der Waals surface area (Å²) >= 11 is 0.